The monoisotopic (exact) mass is 405 g/mol. The lowest BCUT2D eigenvalue weighted by Gasteiger charge is -2.13. The molecule has 2 rings (SSSR count). The SMILES string of the molecule is CC(C)Oc1ccc(Cl)cc1C=NNC(=O)C(C)C(=O)Nc1ccccc1F. The minimum Gasteiger partial charge on any atom is -0.490 e. The standard InChI is InChI=1S/C20H21ClFN3O3/c1-12(2)28-18-9-8-15(21)10-14(18)11-23-25-20(27)13(3)19(26)24-17-7-5-4-6-16(17)22/h4-13H,1-3H3,(H,24,26)(H,25,27). The Bertz CT molecular complexity index is 887. The van der Waals surface area contributed by atoms with E-state index in [1.165, 1.54) is 31.3 Å². The number of hydrogen-bond acceptors (Lipinski definition) is 4. The molecule has 2 N–H and O–H groups in total. The first-order valence-electron chi connectivity index (χ1n) is 8.62. The van der Waals surface area contributed by atoms with Crippen LogP contribution in [-0.2, 0) is 9.59 Å². The number of hydrazone groups is 1. The van der Waals surface area contributed by atoms with Gasteiger partial charge in [-0.3, -0.25) is 9.59 Å². The van der Waals surface area contributed by atoms with Crippen molar-refractivity contribution in [3.05, 3.63) is 58.9 Å². The van der Waals surface area contributed by atoms with Gasteiger partial charge in [-0.05, 0) is 51.1 Å². The van der Waals surface area contributed by atoms with Crippen LogP contribution in [0.5, 0.6) is 5.75 Å². The molecule has 0 aromatic heterocycles. The first kappa shape index (κ1) is 21.4. The fourth-order valence-electron chi connectivity index (χ4n) is 2.17. The molecule has 28 heavy (non-hydrogen) atoms. The quantitative estimate of drug-likeness (QED) is 0.415. The first-order chi connectivity index (χ1) is 13.3. The van der Waals surface area contributed by atoms with Crippen LogP contribution in [-0.4, -0.2) is 24.1 Å². The summed E-state index contributed by atoms with van der Waals surface area (Å²) in [7, 11) is 0. The Morgan fingerprint density at radius 1 is 1.14 bits per heavy atom. The average molecular weight is 406 g/mol. The van der Waals surface area contributed by atoms with Gasteiger partial charge in [0.1, 0.15) is 17.5 Å². The Morgan fingerprint density at radius 2 is 1.86 bits per heavy atom. The van der Waals surface area contributed by atoms with E-state index in [1.807, 2.05) is 13.8 Å². The summed E-state index contributed by atoms with van der Waals surface area (Å²) in [5.41, 5.74) is 2.87. The summed E-state index contributed by atoms with van der Waals surface area (Å²) in [5.74, 6) is -2.40. The maximum absolute atomic E-state index is 13.6. The van der Waals surface area contributed by atoms with Gasteiger partial charge in [0.05, 0.1) is 18.0 Å². The maximum Gasteiger partial charge on any atom is 0.252 e. The Balaban J connectivity index is 2.00. The molecule has 1 atom stereocenters. The van der Waals surface area contributed by atoms with Gasteiger partial charge in [-0.2, -0.15) is 5.10 Å². The van der Waals surface area contributed by atoms with Crippen LogP contribution in [0.1, 0.15) is 26.3 Å². The smallest absolute Gasteiger partial charge is 0.252 e. The van der Waals surface area contributed by atoms with Crippen LogP contribution >= 0.6 is 11.6 Å². The summed E-state index contributed by atoms with van der Waals surface area (Å²) in [6.07, 6.45) is 1.33. The van der Waals surface area contributed by atoms with E-state index >= 15 is 0 Å². The van der Waals surface area contributed by atoms with Crippen molar-refractivity contribution in [2.75, 3.05) is 5.32 Å². The van der Waals surface area contributed by atoms with E-state index in [2.05, 4.69) is 15.8 Å². The lowest BCUT2D eigenvalue weighted by atomic mass is 10.1. The summed E-state index contributed by atoms with van der Waals surface area (Å²) in [4.78, 5) is 24.3. The number of para-hydroxylation sites is 1. The van der Waals surface area contributed by atoms with E-state index in [-0.39, 0.29) is 11.8 Å². The molecule has 2 aromatic rings. The highest BCUT2D eigenvalue weighted by molar-refractivity contribution is 6.30. The third-order valence-electron chi connectivity index (χ3n) is 3.63. The number of benzene rings is 2. The van der Waals surface area contributed by atoms with Gasteiger partial charge in [0, 0.05) is 10.6 Å². The fraction of sp³-hybridized carbons (Fsp3) is 0.250. The molecule has 0 heterocycles. The number of halogens is 2. The molecule has 0 aliphatic heterocycles. The third kappa shape index (κ3) is 6.06. The number of nitrogens with zero attached hydrogens (tertiary/aromatic N) is 1. The van der Waals surface area contributed by atoms with Crippen molar-refractivity contribution in [1.29, 1.82) is 0 Å². The summed E-state index contributed by atoms with van der Waals surface area (Å²) in [6.45, 7) is 5.16. The van der Waals surface area contributed by atoms with Gasteiger partial charge >= 0.3 is 0 Å². The molecular weight excluding hydrogens is 385 g/mol. The molecule has 2 aromatic carbocycles. The predicted octanol–water partition coefficient (Wildman–Crippen LogP) is 3.99. The second-order valence-electron chi connectivity index (χ2n) is 6.27. The number of ether oxygens (including phenoxy) is 1. The van der Waals surface area contributed by atoms with Crippen molar-refractivity contribution >= 4 is 35.3 Å². The minimum atomic E-state index is -1.08. The van der Waals surface area contributed by atoms with Crippen LogP contribution in [0, 0.1) is 11.7 Å². The molecule has 8 heteroatoms. The van der Waals surface area contributed by atoms with Gasteiger partial charge in [-0.1, -0.05) is 23.7 Å². The zero-order chi connectivity index (χ0) is 20.7. The fourth-order valence-corrected chi connectivity index (χ4v) is 2.35. The highest BCUT2D eigenvalue weighted by Crippen LogP contribution is 2.22. The molecule has 0 radical (unpaired) electrons. The lowest BCUT2D eigenvalue weighted by Crippen LogP contribution is -2.34. The van der Waals surface area contributed by atoms with Crippen LogP contribution in [0.15, 0.2) is 47.6 Å². The number of hydrogen-bond donors (Lipinski definition) is 2. The molecule has 0 bridgehead atoms. The average Bonchev–Trinajstić information content (AvgIpc) is 2.64. The summed E-state index contributed by atoms with van der Waals surface area (Å²) in [5, 5.41) is 6.72. The summed E-state index contributed by atoms with van der Waals surface area (Å²) < 4.78 is 19.3. The zero-order valence-electron chi connectivity index (χ0n) is 15.7. The molecule has 0 aliphatic rings. The van der Waals surface area contributed by atoms with Crippen LogP contribution in [0.25, 0.3) is 0 Å². The predicted molar refractivity (Wildman–Crippen MR) is 107 cm³/mol. The van der Waals surface area contributed by atoms with Gasteiger partial charge < -0.3 is 10.1 Å². The molecule has 0 saturated heterocycles. The largest absolute Gasteiger partial charge is 0.490 e. The molecule has 0 fully saturated rings. The number of rotatable bonds is 7. The molecule has 0 saturated carbocycles. The normalized spacial score (nSPS) is 12.1. The Kier molecular flexibility index (Phi) is 7.52. The molecular formula is C20H21ClFN3O3. The third-order valence-corrected chi connectivity index (χ3v) is 3.87. The van der Waals surface area contributed by atoms with Crippen LogP contribution in [0.3, 0.4) is 0 Å². The maximum atomic E-state index is 13.6. The minimum absolute atomic E-state index is 0.00468. The van der Waals surface area contributed by atoms with Crippen molar-refractivity contribution < 1.29 is 18.7 Å². The van der Waals surface area contributed by atoms with Gasteiger partial charge in [-0.15, -0.1) is 0 Å². The van der Waals surface area contributed by atoms with Gasteiger partial charge in [0.15, 0.2) is 0 Å². The van der Waals surface area contributed by atoms with Crippen molar-refractivity contribution in [1.82, 2.24) is 5.43 Å². The molecule has 148 valence electrons. The van der Waals surface area contributed by atoms with Crippen molar-refractivity contribution in [2.45, 2.75) is 26.9 Å². The molecule has 0 spiro atoms. The summed E-state index contributed by atoms with van der Waals surface area (Å²) >= 11 is 5.99. The van der Waals surface area contributed by atoms with Crippen molar-refractivity contribution in [3.8, 4) is 5.75 Å². The number of nitrogens with one attached hydrogen (secondary N) is 2. The second kappa shape index (κ2) is 9.85. The van der Waals surface area contributed by atoms with Crippen LogP contribution in [0.4, 0.5) is 10.1 Å². The van der Waals surface area contributed by atoms with Crippen LogP contribution < -0.4 is 15.5 Å². The van der Waals surface area contributed by atoms with E-state index in [4.69, 9.17) is 16.3 Å². The lowest BCUT2D eigenvalue weighted by molar-refractivity contribution is -0.131. The van der Waals surface area contributed by atoms with Crippen LogP contribution in [0.2, 0.25) is 5.02 Å². The van der Waals surface area contributed by atoms with E-state index in [9.17, 15) is 14.0 Å². The van der Waals surface area contributed by atoms with Gasteiger partial charge in [-0.25, -0.2) is 9.82 Å². The highest BCUT2D eigenvalue weighted by Gasteiger charge is 2.22. The number of carbonyl (C=O) groups is 2. The Labute approximate surface area is 167 Å². The van der Waals surface area contributed by atoms with E-state index in [0.29, 0.717) is 16.3 Å². The van der Waals surface area contributed by atoms with Gasteiger partial charge in [0.25, 0.3) is 5.91 Å². The topological polar surface area (TPSA) is 79.8 Å². The summed E-state index contributed by atoms with van der Waals surface area (Å²) in [6, 6.07) is 10.7. The van der Waals surface area contributed by atoms with Crippen molar-refractivity contribution in [3.63, 3.8) is 0 Å². The Morgan fingerprint density at radius 3 is 2.54 bits per heavy atom. The zero-order valence-corrected chi connectivity index (χ0v) is 16.5. The van der Waals surface area contributed by atoms with E-state index in [0.717, 1.165) is 0 Å². The molecule has 0 aliphatic carbocycles. The van der Waals surface area contributed by atoms with E-state index < -0.39 is 23.5 Å². The van der Waals surface area contributed by atoms with Crippen molar-refractivity contribution in [2.24, 2.45) is 11.0 Å². The van der Waals surface area contributed by atoms with Gasteiger partial charge in [0.2, 0.25) is 5.91 Å². The number of anilines is 1. The highest BCUT2D eigenvalue weighted by atomic mass is 35.5. The Hall–Kier alpha value is -2.93. The number of amides is 2. The second-order valence-corrected chi connectivity index (χ2v) is 6.71. The van der Waals surface area contributed by atoms with E-state index in [1.54, 1.807) is 24.3 Å². The number of carbonyl (C=O) groups excluding carboxylic acids is 2. The molecule has 1 unspecified atom stereocenters. The molecule has 6 nitrogen and oxygen atoms in total. The first-order valence-corrected chi connectivity index (χ1v) is 9.00. The molecule has 2 amide bonds.